The molecular formula is CH7OSi2. The van der Waals surface area contributed by atoms with Crippen molar-refractivity contribution in [1.29, 1.82) is 0 Å². The maximum Gasteiger partial charge on any atom is 0.145 e. The Balaban J connectivity index is 1.97. The van der Waals surface area contributed by atoms with Gasteiger partial charge in [-0.25, -0.2) is 0 Å². The molecule has 0 fully saturated rings. The van der Waals surface area contributed by atoms with Crippen LogP contribution < -0.4 is 0 Å². The Hall–Kier alpha value is 0.394. The maximum absolute atomic E-state index is 4.71. The van der Waals surface area contributed by atoms with Crippen molar-refractivity contribution in [3.63, 3.8) is 0 Å². The van der Waals surface area contributed by atoms with Gasteiger partial charge in [0, 0.05) is 0 Å². The predicted octanol–water partition coefficient (Wildman–Crippen LogP) is -1.84. The fraction of sp³-hybridized carbons (Fsp3) is 0. The largest absolute Gasteiger partial charge is 0.468 e. The summed E-state index contributed by atoms with van der Waals surface area (Å²) < 4.78 is 4.71. The third-order valence-corrected chi connectivity index (χ3v) is 1.84. The summed E-state index contributed by atoms with van der Waals surface area (Å²) in [6, 6.07) is 0. The summed E-state index contributed by atoms with van der Waals surface area (Å²) in [6.45, 7) is 3.56. The second-order valence-electron chi connectivity index (χ2n) is 0.493. The molecule has 4 heavy (non-hydrogen) atoms. The van der Waals surface area contributed by atoms with Gasteiger partial charge in [-0.2, -0.15) is 0 Å². The van der Waals surface area contributed by atoms with Gasteiger partial charge in [0.2, 0.25) is 0 Å². The molecule has 0 unspecified atom stereocenters. The van der Waals surface area contributed by atoms with Crippen molar-refractivity contribution < 1.29 is 4.12 Å². The lowest BCUT2D eigenvalue weighted by molar-refractivity contribution is 0.675. The second-order valence-corrected chi connectivity index (χ2v) is 3.21. The fourth-order valence-electron chi connectivity index (χ4n) is 0. The zero-order valence-corrected chi connectivity index (χ0v) is 6.24. The highest BCUT2D eigenvalue weighted by molar-refractivity contribution is 6.35. The van der Waals surface area contributed by atoms with Gasteiger partial charge in [0.25, 0.3) is 0 Å². The average molecular weight is 91.2 g/mol. The number of hydrogen-bond acceptors (Lipinski definition) is 1. The lowest BCUT2D eigenvalue weighted by atomic mass is 11.9. The van der Waals surface area contributed by atoms with Crippen molar-refractivity contribution in [2.24, 2.45) is 0 Å². The molecule has 0 saturated carbocycles. The quantitative estimate of drug-likeness (QED) is 0.345. The van der Waals surface area contributed by atoms with Gasteiger partial charge in [-0.3, -0.25) is 0 Å². The monoisotopic (exact) mass is 91.0 g/mol. The summed E-state index contributed by atoms with van der Waals surface area (Å²) in [5.74, 6) is 0. The zero-order chi connectivity index (χ0) is 3.41. The van der Waals surface area contributed by atoms with Crippen LogP contribution in [0.3, 0.4) is 0 Å². The van der Waals surface area contributed by atoms with E-state index < -0.39 is 0 Å². The van der Waals surface area contributed by atoms with E-state index in [4.69, 9.17) is 4.12 Å². The minimum Gasteiger partial charge on any atom is -0.468 e. The van der Waals surface area contributed by atoms with Crippen molar-refractivity contribution in [2.45, 2.75) is 0 Å². The van der Waals surface area contributed by atoms with Crippen LogP contribution in [0.1, 0.15) is 0 Å². The topological polar surface area (TPSA) is 9.23 Å². The van der Waals surface area contributed by atoms with E-state index >= 15 is 0 Å². The molecule has 0 rings (SSSR count). The first kappa shape index (κ1) is 4.39. The molecule has 0 aliphatic heterocycles. The first-order valence-corrected chi connectivity index (χ1v) is 3.59. The second kappa shape index (κ2) is 3.39. The van der Waals surface area contributed by atoms with E-state index in [1.165, 1.54) is 0 Å². The van der Waals surface area contributed by atoms with Gasteiger partial charge in [-0.1, -0.05) is 0 Å². The molecule has 0 saturated heterocycles. The maximum atomic E-state index is 4.71. The van der Waals surface area contributed by atoms with Crippen LogP contribution in [0.4, 0.5) is 0 Å². The van der Waals surface area contributed by atoms with Gasteiger partial charge < -0.3 is 4.12 Å². The Morgan fingerprint density at radius 2 is 2.25 bits per heavy atom. The van der Waals surface area contributed by atoms with Crippen molar-refractivity contribution in [1.82, 2.24) is 0 Å². The lowest BCUT2D eigenvalue weighted by Crippen LogP contribution is -1.83. The van der Waals surface area contributed by atoms with Gasteiger partial charge in [-0.05, 0) is 6.55 Å². The van der Waals surface area contributed by atoms with Crippen LogP contribution in [-0.2, 0) is 4.12 Å². The fourth-order valence-corrected chi connectivity index (χ4v) is 0. The molecular weight excluding hydrogens is 84.2 g/mol. The first-order valence-electron chi connectivity index (χ1n) is 1.20. The van der Waals surface area contributed by atoms with E-state index in [-0.39, 0.29) is 9.76 Å². The minimum atomic E-state index is -0.264. The third-order valence-electron chi connectivity index (χ3n) is 0.204. The van der Waals surface area contributed by atoms with Gasteiger partial charge in [0.05, 0.1) is 0 Å². The van der Waals surface area contributed by atoms with Gasteiger partial charge in [0.1, 0.15) is 20.2 Å². The minimum absolute atomic E-state index is 0.264. The molecule has 0 atom stereocenters. The van der Waals surface area contributed by atoms with E-state index in [1.807, 2.05) is 0 Å². The highest BCUT2D eigenvalue weighted by Gasteiger charge is 1.54. The standard InChI is InChI=1S/CH7OSi2/c1-4-2-3/h1,4H2,3H3. The summed E-state index contributed by atoms with van der Waals surface area (Å²) in [7, 11) is 0.625. The Bertz CT molecular complexity index is 8.00. The van der Waals surface area contributed by atoms with Crippen molar-refractivity contribution in [2.75, 3.05) is 0 Å². The molecule has 0 aliphatic rings. The van der Waals surface area contributed by atoms with Gasteiger partial charge in [-0.15, -0.1) is 0 Å². The predicted molar refractivity (Wildman–Crippen MR) is 24.9 cm³/mol. The lowest BCUT2D eigenvalue weighted by Gasteiger charge is -1.76. The summed E-state index contributed by atoms with van der Waals surface area (Å²) in [5, 5.41) is 0. The normalized spacial score (nSPS) is 11.2. The van der Waals surface area contributed by atoms with Gasteiger partial charge in [0.15, 0.2) is 0 Å². The van der Waals surface area contributed by atoms with E-state index in [2.05, 4.69) is 6.55 Å². The molecule has 0 aliphatic carbocycles. The van der Waals surface area contributed by atoms with E-state index in [9.17, 15) is 0 Å². The van der Waals surface area contributed by atoms with E-state index in [0.29, 0.717) is 0 Å². The van der Waals surface area contributed by atoms with E-state index in [1.54, 1.807) is 0 Å². The summed E-state index contributed by atoms with van der Waals surface area (Å²) in [4.78, 5) is 0. The average Bonchev–Trinajstić information content (AvgIpc) is 1.37. The van der Waals surface area contributed by atoms with Crippen LogP contribution in [0.5, 0.6) is 0 Å². The van der Waals surface area contributed by atoms with Crippen molar-refractivity contribution in [3.05, 3.63) is 6.55 Å². The van der Waals surface area contributed by atoms with Gasteiger partial charge >= 0.3 is 0 Å². The molecule has 0 N–H and O–H groups in total. The molecule has 3 heteroatoms. The molecule has 0 bridgehead atoms. The molecule has 25 valence electrons. The molecule has 0 spiro atoms. The number of rotatable bonds is 1. The van der Waals surface area contributed by atoms with Crippen LogP contribution >= 0.6 is 0 Å². The zero-order valence-electron chi connectivity index (χ0n) is 2.82. The Morgan fingerprint density at radius 1 is 2.00 bits per heavy atom. The summed E-state index contributed by atoms with van der Waals surface area (Å²) in [6.07, 6.45) is 0. The van der Waals surface area contributed by atoms with Crippen LogP contribution in [0.2, 0.25) is 0 Å². The molecule has 0 aromatic carbocycles. The van der Waals surface area contributed by atoms with Crippen LogP contribution in [0, 0.1) is 6.55 Å². The Morgan fingerprint density at radius 3 is 2.25 bits per heavy atom. The Labute approximate surface area is 31.8 Å². The SMILES string of the molecule is [CH2][SiH2]O[SiH3]. The Kier molecular flexibility index (Phi) is 3.73. The summed E-state index contributed by atoms with van der Waals surface area (Å²) >= 11 is 0. The van der Waals surface area contributed by atoms with Crippen LogP contribution in [0.15, 0.2) is 0 Å². The number of hydrogen-bond donors (Lipinski definition) is 0. The summed E-state index contributed by atoms with van der Waals surface area (Å²) in [5.41, 5.74) is 0. The molecule has 0 amide bonds. The smallest absolute Gasteiger partial charge is 0.145 e. The van der Waals surface area contributed by atoms with Crippen LogP contribution in [0.25, 0.3) is 0 Å². The first-order chi connectivity index (χ1) is 1.91. The molecule has 0 aromatic rings. The molecule has 1 radical (unpaired) electrons. The molecule has 0 heterocycles. The highest BCUT2D eigenvalue weighted by Crippen LogP contribution is 1.43. The van der Waals surface area contributed by atoms with E-state index in [0.717, 1.165) is 10.5 Å². The van der Waals surface area contributed by atoms with Crippen molar-refractivity contribution in [3.8, 4) is 0 Å². The van der Waals surface area contributed by atoms with Crippen LogP contribution in [-0.4, -0.2) is 20.2 Å². The highest BCUT2D eigenvalue weighted by atomic mass is 28.3. The molecule has 0 aromatic heterocycles. The molecule has 1 nitrogen and oxygen atoms in total. The third kappa shape index (κ3) is 2.39. The van der Waals surface area contributed by atoms with Crippen molar-refractivity contribution >= 4 is 20.2 Å².